The Hall–Kier alpha value is -1.63. The molecule has 1 unspecified atom stereocenters. The van der Waals surface area contributed by atoms with Gasteiger partial charge in [0.15, 0.2) is 12.2 Å². The third-order valence-electron chi connectivity index (χ3n) is 3.78. The smallest absolute Gasteiger partial charge is 0.191 e. The molecule has 0 bridgehead atoms. The second-order valence-corrected chi connectivity index (χ2v) is 4.64. The normalized spacial score (nSPS) is 17.1. The lowest BCUT2D eigenvalue weighted by Crippen LogP contribution is -2.35. The van der Waals surface area contributed by atoms with Gasteiger partial charge in [-0.3, -0.25) is 0 Å². The van der Waals surface area contributed by atoms with E-state index in [9.17, 15) is 0 Å². The van der Waals surface area contributed by atoms with Crippen molar-refractivity contribution in [3.8, 4) is 11.3 Å². The Kier molecular flexibility index (Phi) is 1.90. The number of aryl methyl sites for hydroxylation is 1. The van der Waals surface area contributed by atoms with E-state index in [1.807, 2.05) is 0 Å². The van der Waals surface area contributed by atoms with Gasteiger partial charge in [0.25, 0.3) is 0 Å². The summed E-state index contributed by atoms with van der Waals surface area (Å²) >= 11 is 0. The van der Waals surface area contributed by atoms with E-state index >= 15 is 0 Å². The molecule has 0 amide bonds. The second kappa shape index (κ2) is 3.18. The second-order valence-electron chi connectivity index (χ2n) is 4.64. The van der Waals surface area contributed by atoms with Gasteiger partial charge in [-0.25, -0.2) is 0 Å². The molecule has 0 saturated heterocycles. The number of aromatic nitrogens is 1. The minimum absolute atomic E-state index is 0.463. The lowest BCUT2D eigenvalue weighted by atomic mass is 9.95. The van der Waals surface area contributed by atoms with Gasteiger partial charge in [0, 0.05) is 24.6 Å². The third-order valence-corrected chi connectivity index (χ3v) is 3.78. The maximum Gasteiger partial charge on any atom is 0.213 e. The molecule has 3 rings (SSSR count). The zero-order valence-corrected chi connectivity index (χ0v) is 9.99. The van der Waals surface area contributed by atoms with E-state index in [1.165, 1.54) is 27.9 Å². The summed E-state index contributed by atoms with van der Waals surface area (Å²) in [6.45, 7) is 6.68. The van der Waals surface area contributed by atoms with Gasteiger partial charge in [-0.1, -0.05) is 12.1 Å². The fourth-order valence-electron chi connectivity index (χ4n) is 2.68. The summed E-state index contributed by atoms with van der Waals surface area (Å²) in [6, 6.07) is 11.4. The van der Waals surface area contributed by atoms with Crippen LogP contribution in [0.15, 0.2) is 36.5 Å². The summed E-state index contributed by atoms with van der Waals surface area (Å²) < 4.78 is 2.36. The van der Waals surface area contributed by atoms with Crippen molar-refractivity contribution in [1.29, 1.82) is 0 Å². The molecule has 0 fully saturated rings. The van der Waals surface area contributed by atoms with Crippen molar-refractivity contribution < 1.29 is 4.57 Å². The summed E-state index contributed by atoms with van der Waals surface area (Å²) in [5, 5.41) is 0. The van der Waals surface area contributed by atoms with Gasteiger partial charge in [-0.05, 0) is 31.0 Å². The SMILES string of the molecule is Cc1ccc2c(c1C)-c1cccc[n+]1C2C. The standard InChI is InChI=1S/C15H16N/c1-10-7-8-13-12(3)16-9-5-4-6-14(16)15(13)11(10)2/h4-9,12H,1-3H3/q+1. The molecule has 0 spiro atoms. The van der Waals surface area contributed by atoms with Gasteiger partial charge in [0.2, 0.25) is 5.69 Å². The van der Waals surface area contributed by atoms with Crippen molar-refractivity contribution >= 4 is 0 Å². The van der Waals surface area contributed by atoms with E-state index in [0.29, 0.717) is 6.04 Å². The van der Waals surface area contributed by atoms with Crippen LogP contribution >= 0.6 is 0 Å². The largest absolute Gasteiger partial charge is 0.213 e. The first-order valence-electron chi connectivity index (χ1n) is 5.81. The summed E-state index contributed by atoms with van der Waals surface area (Å²) in [6.07, 6.45) is 2.18. The monoisotopic (exact) mass is 210 g/mol. The highest BCUT2D eigenvalue weighted by Crippen LogP contribution is 2.36. The molecule has 0 saturated carbocycles. The maximum atomic E-state index is 2.36. The van der Waals surface area contributed by atoms with Gasteiger partial charge < -0.3 is 0 Å². The number of hydrogen-bond acceptors (Lipinski definition) is 0. The summed E-state index contributed by atoms with van der Waals surface area (Å²) in [7, 11) is 0. The molecule has 0 radical (unpaired) electrons. The third kappa shape index (κ3) is 1.09. The van der Waals surface area contributed by atoms with Crippen LogP contribution in [0.1, 0.15) is 29.7 Å². The summed E-state index contributed by atoms with van der Waals surface area (Å²) in [4.78, 5) is 0. The van der Waals surface area contributed by atoms with Gasteiger partial charge in [-0.2, -0.15) is 4.57 Å². The van der Waals surface area contributed by atoms with Gasteiger partial charge >= 0.3 is 0 Å². The minimum Gasteiger partial charge on any atom is -0.191 e. The quantitative estimate of drug-likeness (QED) is 0.588. The molecule has 1 heteroatoms. The zero-order chi connectivity index (χ0) is 11.3. The van der Waals surface area contributed by atoms with E-state index in [2.05, 4.69) is 61.9 Å². The molecule has 1 nitrogen and oxygen atoms in total. The van der Waals surface area contributed by atoms with E-state index in [-0.39, 0.29) is 0 Å². The molecule has 1 aromatic heterocycles. The Labute approximate surface area is 96.4 Å². The van der Waals surface area contributed by atoms with Gasteiger partial charge in [0.1, 0.15) is 0 Å². The van der Waals surface area contributed by atoms with Crippen LogP contribution in [-0.4, -0.2) is 0 Å². The highest BCUT2D eigenvalue weighted by atomic mass is 15.0. The zero-order valence-electron chi connectivity index (χ0n) is 9.99. The maximum absolute atomic E-state index is 2.36. The predicted molar refractivity (Wildman–Crippen MR) is 65.4 cm³/mol. The van der Waals surface area contributed by atoms with Crippen LogP contribution in [-0.2, 0) is 0 Å². The first-order chi connectivity index (χ1) is 7.70. The van der Waals surface area contributed by atoms with Crippen molar-refractivity contribution in [2.45, 2.75) is 26.8 Å². The van der Waals surface area contributed by atoms with Crippen LogP contribution in [0, 0.1) is 13.8 Å². The Bertz CT molecular complexity index is 570. The molecule has 0 N–H and O–H groups in total. The Morgan fingerprint density at radius 1 is 1.06 bits per heavy atom. The van der Waals surface area contributed by atoms with Crippen LogP contribution in [0.5, 0.6) is 0 Å². The van der Waals surface area contributed by atoms with Crippen LogP contribution < -0.4 is 4.57 Å². The lowest BCUT2D eigenvalue weighted by Gasteiger charge is -2.04. The average molecular weight is 210 g/mol. The molecule has 2 heterocycles. The summed E-state index contributed by atoms with van der Waals surface area (Å²) in [5.74, 6) is 0. The fraction of sp³-hybridized carbons (Fsp3) is 0.267. The Balaban J connectivity index is 2.40. The topological polar surface area (TPSA) is 3.88 Å². The minimum atomic E-state index is 0.463. The number of rotatable bonds is 0. The van der Waals surface area contributed by atoms with Crippen molar-refractivity contribution in [2.75, 3.05) is 0 Å². The highest BCUT2D eigenvalue weighted by molar-refractivity contribution is 5.69. The van der Waals surface area contributed by atoms with Crippen molar-refractivity contribution in [1.82, 2.24) is 0 Å². The highest BCUT2D eigenvalue weighted by Gasteiger charge is 2.33. The lowest BCUT2D eigenvalue weighted by molar-refractivity contribution is -0.694. The number of benzene rings is 1. The molecule has 80 valence electrons. The molecule has 1 aliphatic heterocycles. The first kappa shape index (κ1) is 9.59. The molecular weight excluding hydrogens is 194 g/mol. The molecule has 1 atom stereocenters. The number of nitrogens with zero attached hydrogens (tertiary/aromatic N) is 1. The van der Waals surface area contributed by atoms with Crippen molar-refractivity contribution in [2.24, 2.45) is 0 Å². The van der Waals surface area contributed by atoms with E-state index in [0.717, 1.165) is 0 Å². The fourth-order valence-corrected chi connectivity index (χ4v) is 2.68. The molecule has 0 aliphatic carbocycles. The van der Waals surface area contributed by atoms with E-state index in [1.54, 1.807) is 0 Å². The molecule has 1 aliphatic rings. The van der Waals surface area contributed by atoms with Crippen LogP contribution in [0.4, 0.5) is 0 Å². The van der Waals surface area contributed by atoms with E-state index in [4.69, 9.17) is 0 Å². The number of pyridine rings is 1. The molecule has 2 aromatic rings. The van der Waals surface area contributed by atoms with Crippen LogP contribution in [0.25, 0.3) is 11.3 Å². The average Bonchev–Trinajstić information content (AvgIpc) is 2.59. The van der Waals surface area contributed by atoms with Crippen molar-refractivity contribution in [3.63, 3.8) is 0 Å². The van der Waals surface area contributed by atoms with Gasteiger partial charge in [0.05, 0.1) is 5.56 Å². The first-order valence-corrected chi connectivity index (χ1v) is 5.81. The Morgan fingerprint density at radius 2 is 1.88 bits per heavy atom. The Morgan fingerprint density at radius 3 is 2.69 bits per heavy atom. The number of hydrogen-bond donors (Lipinski definition) is 0. The van der Waals surface area contributed by atoms with E-state index < -0.39 is 0 Å². The van der Waals surface area contributed by atoms with Crippen LogP contribution in [0.3, 0.4) is 0 Å². The van der Waals surface area contributed by atoms with Crippen LogP contribution in [0.2, 0.25) is 0 Å². The number of fused-ring (bicyclic) bond motifs is 3. The van der Waals surface area contributed by atoms with Crippen molar-refractivity contribution in [3.05, 3.63) is 53.2 Å². The summed E-state index contributed by atoms with van der Waals surface area (Å²) in [5.41, 5.74) is 7.04. The predicted octanol–water partition coefficient (Wildman–Crippen LogP) is 3.18. The molecule has 16 heavy (non-hydrogen) atoms. The molecular formula is C15H16N+. The molecule has 1 aromatic carbocycles. The van der Waals surface area contributed by atoms with Gasteiger partial charge in [-0.15, -0.1) is 0 Å².